The molecular formula is C8H14N2O2. The van der Waals surface area contributed by atoms with Crippen LogP contribution in [-0.2, 0) is 9.59 Å². The maximum absolute atomic E-state index is 11.3. The SMILES string of the molecule is CC(=O)CN1C(=O)CC(C)N1C. The van der Waals surface area contributed by atoms with Gasteiger partial charge in [0, 0.05) is 19.5 Å². The lowest BCUT2D eigenvalue weighted by molar-refractivity contribution is -0.141. The van der Waals surface area contributed by atoms with E-state index in [2.05, 4.69) is 0 Å². The normalized spacial score (nSPS) is 25.1. The minimum atomic E-state index is 0.0179. The minimum absolute atomic E-state index is 0.0179. The maximum atomic E-state index is 11.3. The summed E-state index contributed by atoms with van der Waals surface area (Å²) >= 11 is 0. The van der Waals surface area contributed by atoms with Gasteiger partial charge in [0.15, 0.2) is 5.78 Å². The molecule has 0 aliphatic carbocycles. The van der Waals surface area contributed by atoms with Crippen LogP contribution in [0.15, 0.2) is 0 Å². The molecule has 4 heteroatoms. The summed E-state index contributed by atoms with van der Waals surface area (Å²) in [4.78, 5) is 22.0. The number of nitrogens with zero attached hydrogens (tertiary/aromatic N) is 2. The first-order valence-corrected chi connectivity index (χ1v) is 4.05. The van der Waals surface area contributed by atoms with E-state index in [4.69, 9.17) is 0 Å². The Bertz CT molecular complexity index is 215. The van der Waals surface area contributed by atoms with Crippen molar-refractivity contribution in [1.29, 1.82) is 0 Å². The molecule has 0 aromatic rings. The van der Waals surface area contributed by atoms with Gasteiger partial charge < -0.3 is 0 Å². The fourth-order valence-electron chi connectivity index (χ4n) is 1.31. The molecule has 0 aromatic heterocycles. The molecule has 12 heavy (non-hydrogen) atoms. The Morgan fingerprint density at radius 1 is 1.67 bits per heavy atom. The molecule has 68 valence electrons. The van der Waals surface area contributed by atoms with Crippen LogP contribution in [0, 0.1) is 0 Å². The van der Waals surface area contributed by atoms with E-state index in [1.807, 2.05) is 19.0 Å². The molecule has 1 amide bonds. The van der Waals surface area contributed by atoms with Crippen LogP contribution in [0.5, 0.6) is 0 Å². The Kier molecular flexibility index (Phi) is 2.47. The van der Waals surface area contributed by atoms with E-state index in [-0.39, 0.29) is 24.3 Å². The van der Waals surface area contributed by atoms with Gasteiger partial charge in [0.1, 0.15) is 0 Å². The molecule has 1 rings (SSSR count). The van der Waals surface area contributed by atoms with Gasteiger partial charge in [-0.1, -0.05) is 0 Å². The van der Waals surface area contributed by atoms with Gasteiger partial charge in [-0.3, -0.25) is 14.6 Å². The molecule has 1 aliphatic heterocycles. The number of hydrogen-bond acceptors (Lipinski definition) is 3. The van der Waals surface area contributed by atoms with Gasteiger partial charge in [-0.15, -0.1) is 0 Å². The Labute approximate surface area is 72.1 Å². The Balaban J connectivity index is 2.63. The summed E-state index contributed by atoms with van der Waals surface area (Å²) in [6.07, 6.45) is 0.518. The topological polar surface area (TPSA) is 40.6 Å². The van der Waals surface area contributed by atoms with Crippen LogP contribution in [-0.4, -0.2) is 41.3 Å². The molecule has 0 saturated carbocycles. The van der Waals surface area contributed by atoms with Gasteiger partial charge in [0.25, 0.3) is 0 Å². The van der Waals surface area contributed by atoms with Crippen molar-refractivity contribution in [3.8, 4) is 0 Å². The third-order valence-electron chi connectivity index (χ3n) is 2.15. The van der Waals surface area contributed by atoms with E-state index in [0.29, 0.717) is 6.42 Å². The lowest BCUT2D eigenvalue weighted by Gasteiger charge is -2.25. The lowest BCUT2D eigenvalue weighted by Crippen LogP contribution is -2.41. The molecule has 1 atom stereocenters. The highest BCUT2D eigenvalue weighted by Gasteiger charge is 2.32. The summed E-state index contributed by atoms with van der Waals surface area (Å²) in [5, 5.41) is 3.33. The monoisotopic (exact) mass is 170 g/mol. The first-order valence-electron chi connectivity index (χ1n) is 4.05. The molecule has 1 heterocycles. The molecule has 0 bridgehead atoms. The molecule has 4 nitrogen and oxygen atoms in total. The average molecular weight is 170 g/mol. The van der Waals surface area contributed by atoms with E-state index >= 15 is 0 Å². The van der Waals surface area contributed by atoms with Crippen molar-refractivity contribution >= 4 is 11.7 Å². The Morgan fingerprint density at radius 3 is 2.58 bits per heavy atom. The van der Waals surface area contributed by atoms with Gasteiger partial charge >= 0.3 is 0 Å². The van der Waals surface area contributed by atoms with Crippen molar-refractivity contribution < 1.29 is 9.59 Å². The molecule has 1 fully saturated rings. The first-order chi connectivity index (χ1) is 5.52. The number of carbonyl (C=O) groups excluding carboxylic acids is 2. The summed E-state index contributed by atoms with van der Waals surface area (Å²) in [6, 6.07) is 0.219. The molecule has 1 aliphatic rings. The number of Topliss-reactive ketones (excluding diaryl/α,β-unsaturated/α-hetero) is 1. The Morgan fingerprint density at radius 2 is 2.25 bits per heavy atom. The number of ketones is 1. The van der Waals surface area contributed by atoms with Gasteiger partial charge in [0.2, 0.25) is 5.91 Å². The smallest absolute Gasteiger partial charge is 0.238 e. The molecule has 1 unspecified atom stereocenters. The Hall–Kier alpha value is -0.900. The number of hydrogen-bond donors (Lipinski definition) is 0. The van der Waals surface area contributed by atoms with E-state index in [9.17, 15) is 9.59 Å². The number of carbonyl (C=O) groups is 2. The summed E-state index contributed by atoms with van der Waals surface area (Å²) in [7, 11) is 1.83. The van der Waals surface area contributed by atoms with Gasteiger partial charge in [-0.25, -0.2) is 5.01 Å². The van der Waals surface area contributed by atoms with Crippen LogP contribution in [0.1, 0.15) is 20.3 Å². The highest BCUT2D eigenvalue weighted by atomic mass is 16.2. The second-order valence-corrected chi connectivity index (χ2v) is 3.28. The molecule has 0 radical (unpaired) electrons. The average Bonchev–Trinajstić information content (AvgIpc) is 2.16. The van der Waals surface area contributed by atoms with Crippen molar-refractivity contribution in [2.75, 3.05) is 13.6 Å². The predicted octanol–water partition coefficient (Wildman–Crippen LogP) is 0.0430. The molecule has 0 N–H and O–H groups in total. The van der Waals surface area contributed by atoms with E-state index in [1.54, 1.807) is 0 Å². The van der Waals surface area contributed by atoms with Crippen LogP contribution in [0.4, 0.5) is 0 Å². The number of rotatable bonds is 2. The third kappa shape index (κ3) is 1.64. The van der Waals surface area contributed by atoms with E-state index in [0.717, 1.165) is 0 Å². The van der Waals surface area contributed by atoms with Crippen molar-refractivity contribution in [2.24, 2.45) is 0 Å². The maximum Gasteiger partial charge on any atom is 0.238 e. The lowest BCUT2D eigenvalue weighted by atomic mass is 10.2. The zero-order valence-corrected chi connectivity index (χ0v) is 7.70. The number of amides is 1. The highest BCUT2D eigenvalue weighted by molar-refractivity contribution is 5.85. The van der Waals surface area contributed by atoms with E-state index < -0.39 is 0 Å². The van der Waals surface area contributed by atoms with Gasteiger partial charge in [-0.2, -0.15) is 0 Å². The second-order valence-electron chi connectivity index (χ2n) is 3.28. The largest absolute Gasteiger partial charge is 0.298 e. The van der Waals surface area contributed by atoms with Gasteiger partial charge in [0.05, 0.1) is 6.54 Å². The highest BCUT2D eigenvalue weighted by Crippen LogP contribution is 2.16. The first kappa shape index (κ1) is 9.19. The van der Waals surface area contributed by atoms with Crippen molar-refractivity contribution in [2.45, 2.75) is 26.3 Å². The molecule has 1 saturated heterocycles. The van der Waals surface area contributed by atoms with Crippen LogP contribution in [0.25, 0.3) is 0 Å². The zero-order chi connectivity index (χ0) is 9.30. The minimum Gasteiger partial charge on any atom is -0.298 e. The number of hydrazine groups is 1. The van der Waals surface area contributed by atoms with Crippen LogP contribution >= 0.6 is 0 Å². The molecule has 0 spiro atoms. The van der Waals surface area contributed by atoms with Crippen LogP contribution < -0.4 is 0 Å². The molecule has 0 aromatic carbocycles. The third-order valence-corrected chi connectivity index (χ3v) is 2.15. The van der Waals surface area contributed by atoms with E-state index in [1.165, 1.54) is 11.9 Å². The molecular weight excluding hydrogens is 156 g/mol. The summed E-state index contributed by atoms with van der Waals surface area (Å²) < 4.78 is 0. The summed E-state index contributed by atoms with van der Waals surface area (Å²) in [6.45, 7) is 3.67. The van der Waals surface area contributed by atoms with Crippen molar-refractivity contribution in [3.05, 3.63) is 0 Å². The van der Waals surface area contributed by atoms with Crippen LogP contribution in [0.2, 0.25) is 0 Å². The summed E-state index contributed by atoms with van der Waals surface area (Å²) in [5.74, 6) is 0.0597. The van der Waals surface area contributed by atoms with Crippen molar-refractivity contribution in [1.82, 2.24) is 10.0 Å². The fraction of sp³-hybridized carbons (Fsp3) is 0.750. The quantitative estimate of drug-likeness (QED) is 0.587. The summed E-state index contributed by atoms with van der Waals surface area (Å²) in [5.41, 5.74) is 0. The van der Waals surface area contributed by atoms with Gasteiger partial charge in [-0.05, 0) is 13.8 Å². The van der Waals surface area contributed by atoms with Crippen molar-refractivity contribution in [3.63, 3.8) is 0 Å². The standard InChI is InChI=1S/C8H14N2O2/c1-6-4-8(12)10(9(6)3)5-7(2)11/h6H,4-5H2,1-3H3. The van der Waals surface area contributed by atoms with Crippen LogP contribution in [0.3, 0.4) is 0 Å². The zero-order valence-electron chi connectivity index (χ0n) is 7.70. The predicted molar refractivity (Wildman–Crippen MR) is 44.2 cm³/mol. The second kappa shape index (κ2) is 3.23. The fourth-order valence-corrected chi connectivity index (χ4v) is 1.31.